The molecule has 1 heterocycles. The molecule has 1 aliphatic carbocycles. The van der Waals surface area contributed by atoms with E-state index < -0.39 is 11.9 Å². The maximum absolute atomic E-state index is 13.5. The van der Waals surface area contributed by atoms with E-state index in [0.29, 0.717) is 18.4 Å². The third-order valence-corrected chi connectivity index (χ3v) is 5.55. The Kier molecular flexibility index (Phi) is 4.54. The molecule has 4 rings (SSSR count). The first-order chi connectivity index (χ1) is 13.4. The van der Waals surface area contributed by atoms with Crippen LogP contribution in [-0.4, -0.2) is 21.9 Å². The molecule has 1 aromatic heterocycles. The van der Waals surface area contributed by atoms with Crippen LogP contribution in [0.15, 0.2) is 49.1 Å². The molecule has 0 unspecified atom stereocenters. The monoisotopic (exact) mass is 386 g/mol. The molecule has 3 aromatic rings. The molecule has 28 heavy (non-hydrogen) atoms. The highest BCUT2D eigenvalue weighted by Gasteiger charge is 2.41. The number of aromatic amines is 1. The topological polar surface area (TPSA) is 48.9 Å². The number of fused-ring (bicyclic) bond motifs is 1. The number of halogens is 3. The molecule has 2 N–H and O–H groups in total. The molecule has 0 bridgehead atoms. The summed E-state index contributed by atoms with van der Waals surface area (Å²) < 4.78 is 40.5. The summed E-state index contributed by atoms with van der Waals surface area (Å²) >= 11 is 0. The molecule has 0 spiro atoms. The highest BCUT2D eigenvalue weighted by molar-refractivity contribution is 5.97. The van der Waals surface area contributed by atoms with Gasteiger partial charge in [-0.2, -0.15) is 18.3 Å². The third-order valence-electron chi connectivity index (χ3n) is 5.55. The number of H-pyrrole nitrogens is 1. The summed E-state index contributed by atoms with van der Waals surface area (Å²) in [5.41, 5.74) is 2.68. The Labute approximate surface area is 160 Å². The van der Waals surface area contributed by atoms with Crippen molar-refractivity contribution < 1.29 is 18.3 Å². The van der Waals surface area contributed by atoms with Gasteiger partial charge in [0.1, 0.15) is 5.69 Å². The first-order valence-corrected chi connectivity index (χ1v) is 9.31. The van der Waals surface area contributed by atoms with E-state index in [0.717, 1.165) is 29.5 Å². The Morgan fingerprint density at radius 3 is 2.64 bits per heavy atom. The number of hydrogen-bond acceptors (Lipinski definition) is 2. The predicted octanol–water partition coefficient (Wildman–Crippen LogP) is 5.39. The largest absolute Gasteiger partial charge is 0.433 e. The zero-order valence-corrected chi connectivity index (χ0v) is 15.3. The van der Waals surface area contributed by atoms with E-state index >= 15 is 0 Å². The van der Waals surface area contributed by atoms with Crippen LogP contribution in [0.4, 0.5) is 13.2 Å². The zero-order chi connectivity index (χ0) is 19.9. The van der Waals surface area contributed by atoms with Crippen LogP contribution >= 0.6 is 0 Å². The Bertz CT molecular complexity index is 1030. The Hall–Kier alpha value is -2.60. The Morgan fingerprint density at radius 1 is 1.21 bits per heavy atom. The number of nitrogens with one attached hydrogen (secondary N) is 1. The summed E-state index contributed by atoms with van der Waals surface area (Å²) in [6, 6.07) is 11.0. The SMILES string of the molecule is C=CC1(c2cc(CCCO)cc(-c3cccc4n[nH]c(C(F)(F)F)c34)c2)CC1. The molecule has 6 heteroatoms. The van der Waals surface area contributed by atoms with Crippen LogP contribution in [-0.2, 0) is 18.0 Å². The molecule has 0 aliphatic heterocycles. The number of aromatic nitrogens is 2. The van der Waals surface area contributed by atoms with Crippen LogP contribution in [0.1, 0.15) is 36.1 Å². The van der Waals surface area contributed by atoms with Gasteiger partial charge >= 0.3 is 6.18 Å². The normalized spacial score (nSPS) is 15.7. The molecular weight excluding hydrogens is 365 g/mol. The summed E-state index contributed by atoms with van der Waals surface area (Å²) in [7, 11) is 0. The van der Waals surface area contributed by atoms with Crippen LogP contribution in [0.2, 0.25) is 0 Å². The van der Waals surface area contributed by atoms with Crippen molar-refractivity contribution in [1.82, 2.24) is 10.2 Å². The number of allylic oxidation sites excluding steroid dienone is 1. The second-order valence-corrected chi connectivity index (χ2v) is 7.40. The lowest BCUT2D eigenvalue weighted by atomic mass is 9.88. The van der Waals surface area contributed by atoms with Gasteiger partial charge in [-0.3, -0.25) is 5.10 Å². The van der Waals surface area contributed by atoms with E-state index in [-0.39, 0.29) is 22.9 Å². The zero-order valence-electron chi connectivity index (χ0n) is 15.3. The molecule has 0 radical (unpaired) electrons. The van der Waals surface area contributed by atoms with Gasteiger partial charge in [0.2, 0.25) is 0 Å². The van der Waals surface area contributed by atoms with Gasteiger partial charge in [0, 0.05) is 17.4 Å². The number of alkyl halides is 3. The summed E-state index contributed by atoms with van der Waals surface area (Å²) in [5, 5.41) is 15.3. The van der Waals surface area contributed by atoms with Gasteiger partial charge in [0.15, 0.2) is 0 Å². The van der Waals surface area contributed by atoms with Gasteiger partial charge in [0.25, 0.3) is 0 Å². The molecule has 1 aliphatic rings. The van der Waals surface area contributed by atoms with Gasteiger partial charge in [-0.25, -0.2) is 0 Å². The van der Waals surface area contributed by atoms with Gasteiger partial charge in [-0.1, -0.05) is 36.4 Å². The lowest BCUT2D eigenvalue weighted by molar-refractivity contribution is -0.139. The minimum Gasteiger partial charge on any atom is -0.396 e. The fraction of sp³-hybridized carbons (Fsp3) is 0.318. The molecular formula is C22H21F3N2O. The molecule has 2 aromatic carbocycles. The fourth-order valence-electron chi connectivity index (χ4n) is 3.82. The first kappa shape index (κ1) is 18.7. The third kappa shape index (κ3) is 3.22. The van der Waals surface area contributed by atoms with Crippen molar-refractivity contribution in [3.8, 4) is 11.1 Å². The van der Waals surface area contributed by atoms with Crippen LogP contribution < -0.4 is 0 Å². The number of aliphatic hydroxyl groups is 1. The molecule has 0 atom stereocenters. The predicted molar refractivity (Wildman–Crippen MR) is 103 cm³/mol. The van der Waals surface area contributed by atoms with Crippen LogP contribution in [0.25, 0.3) is 22.0 Å². The lowest BCUT2D eigenvalue weighted by Crippen LogP contribution is -2.07. The molecule has 146 valence electrons. The average molecular weight is 386 g/mol. The second kappa shape index (κ2) is 6.78. The quantitative estimate of drug-likeness (QED) is 0.558. The maximum Gasteiger partial charge on any atom is 0.433 e. The summed E-state index contributed by atoms with van der Waals surface area (Å²) in [5.74, 6) is 0. The van der Waals surface area contributed by atoms with Gasteiger partial charge in [-0.05, 0) is 54.0 Å². The maximum atomic E-state index is 13.5. The minimum atomic E-state index is -4.51. The van der Waals surface area contributed by atoms with Gasteiger partial charge in [-0.15, -0.1) is 6.58 Å². The Morgan fingerprint density at radius 2 is 2.00 bits per heavy atom. The van der Waals surface area contributed by atoms with Crippen molar-refractivity contribution in [2.75, 3.05) is 6.61 Å². The first-order valence-electron chi connectivity index (χ1n) is 9.31. The van der Waals surface area contributed by atoms with Crippen molar-refractivity contribution in [2.24, 2.45) is 0 Å². The van der Waals surface area contributed by atoms with E-state index in [2.05, 4.69) is 22.8 Å². The van der Waals surface area contributed by atoms with Crippen LogP contribution in [0.3, 0.4) is 0 Å². The number of hydrogen-bond donors (Lipinski definition) is 2. The standard InChI is InChI=1S/C22H21F3N2O/c1-2-21(8-9-21)16-12-14(5-4-10-28)11-15(13-16)17-6-3-7-18-19(17)20(27-26-18)22(23,24)25/h2-3,6-7,11-13,28H,1,4-5,8-10H2,(H,26,27). The molecule has 1 fully saturated rings. The van der Waals surface area contributed by atoms with Crippen molar-refractivity contribution >= 4 is 10.9 Å². The highest BCUT2D eigenvalue weighted by Crippen LogP contribution is 2.50. The summed E-state index contributed by atoms with van der Waals surface area (Å²) in [6.07, 6.45) is 0.667. The number of benzene rings is 2. The number of aryl methyl sites for hydroxylation is 1. The van der Waals surface area contributed by atoms with E-state index in [1.165, 1.54) is 0 Å². The van der Waals surface area contributed by atoms with Crippen LogP contribution in [0.5, 0.6) is 0 Å². The minimum absolute atomic E-state index is 0.0711. The molecule has 0 saturated heterocycles. The number of aliphatic hydroxyl groups excluding tert-OH is 1. The van der Waals surface area contributed by atoms with Crippen molar-refractivity contribution in [1.29, 1.82) is 0 Å². The fourth-order valence-corrected chi connectivity index (χ4v) is 3.82. The number of rotatable bonds is 6. The van der Waals surface area contributed by atoms with Gasteiger partial charge in [0.05, 0.1) is 5.52 Å². The van der Waals surface area contributed by atoms with Crippen LogP contribution in [0, 0.1) is 0 Å². The van der Waals surface area contributed by atoms with Gasteiger partial charge < -0.3 is 5.11 Å². The highest BCUT2D eigenvalue weighted by atomic mass is 19.4. The molecule has 1 saturated carbocycles. The van der Waals surface area contributed by atoms with E-state index in [4.69, 9.17) is 0 Å². The van der Waals surface area contributed by atoms with E-state index in [9.17, 15) is 18.3 Å². The lowest BCUT2D eigenvalue weighted by Gasteiger charge is -2.16. The molecule has 3 nitrogen and oxygen atoms in total. The summed E-state index contributed by atoms with van der Waals surface area (Å²) in [4.78, 5) is 0. The van der Waals surface area contributed by atoms with Crippen molar-refractivity contribution in [3.05, 3.63) is 65.9 Å². The number of nitrogens with zero attached hydrogens (tertiary/aromatic N) is 1. The smallest absolute Gasteiger partial charge is 0.396 e. The summed E-state index contributed by atoms with van der Waals surface area (Å²) in [6.45, 7) is 4.02. The second-order valence-electron chi connectivity index (χ2n) is 7.40. The Balaban J connectivity index is 1.92. The molecule has 0 amide bonds. The van der Waals surface area contributed by atoms with E-state index in [1.54, 1.807) is 18.2 Å². The van der Waals surface area contributed by atoms with E-state index in [1.807, 2.05) is 18.2 Å². The van der Waals surface area contributed by atoms with Crippen molar-refractivity contribution in [3.63, 3.8) is 0 Å². The van der Waals surface area contributed by atoms with Crippen molar-refractivity contribution in [2.45, 2.75) is 37.3 Å². The average Bonchev–Trinajstić information content (AvgIpc) is 3.35.